The third-order valence-electron chi connectivity index (χ3n) is 3.46. The lowest BCUT2D eigenvalue weighted by molar-refractivity contribution is 0.557. The second-order valence-corrected chi connectivity index (χ2v) is 6.99. The van der Waals surface area contributed by atoms with Gasteiger partial charge < -0.3 is 0 Å². The van der Waals surface area contributed by atoms with Crippen LogP contribution in [0.5, 0.6) is 0 Å². The Morgan fingerprint density at radius 1 is 1.11 bits per heavy atom. The molecule has 2 nitrogen and oxygen atoms in total. The average molecular weight is 274 g/mol. The van der Waals surface area contributed by atoms with Crippen LogP contribution in [0.15, 0.2) is 35.7 Å². The van der Waals surface area contributed by atoms with Crippen LogP contribution < -0.4 is 11.3 Å². The van der Waals surface area contributed by atoms with Gasteiger partial charge >= 0.3 is 0 Å². The molecule has 102 valence electrons. The molecule has 0 fully saturated rings. The zero-order valence-corrected chi connectivity index (χ0v) is 12.8. The van der Waals surface area contributed by atoms with E-state index in [1.54, 1.807) is 11.3 Å². The monoisotopic (exact) mass is 274 g/mol. The maximum Gasteiger partial charge on any atom is 0.0723 e. The van der Waals surface area contributed by atoms with Crippen molar-refractivity contribution in [3.8, 4) is 0 Å². The Bertz CT molecular complexity index is 552. The van der Waals surface area contributed by atoms with E-state index in [0.29, 0.717) is 0 Å². The van der Waals surface area contributed by atoms with E-state index in [1.807, 2.05) is 0 Å². The first-order valence-electron chi connectivity index (χ1n) is 6.54. The molecular formula is C16H22N2S. The van der Waals surface area contributed by atoms with Gasteiger partial charge in [0.15, 0.2) is 0 Å². The van der Waals surface area contributed by atoms with Crippen LogP contribution in [0.3, 0.4) is 0 Å². The normalized spacial score (nSPS) is 13.5. The molecule has 0 amide bonds. The number of hydrogen-bond acceptors (Lipinski definition) is 3. The highest BCUT2D eigenvalue weighted by molar-refractivity contribution is 7.10. The second-order valence-electron chi connectivity index (χ2n) is 5.87. The maximum absolute atomic E-state index is 5.83. The zero-order chi connectivity index (χ0) is 14.0. The summed E-state index contributed by atoms with van der Waals surface area (Å²) < 4.78 is 0. The van der Waals surface area contributed by atoms with E-state index in [0.717, 1.165) is 0 Å². The van der Waals surface area contributed by atoms with Gasteiger partial charge in [0.05, 0.1) is 6.04 Å². The largest absolute Gasteiger partial charge is 0.271 e. The van der Waals surface area contributed by atoms with Gasteiger partial charge in [-0.3, -0.25) is 5.84 Å². The number of nitrogens with one attached hydrogen (secondary N) is 1. The summed E-state index contributed by atoms with van der Waals surface area (Å²) in [6.07, 6.45) is 0. The van der Waals surface area contributed by atoms with Crippen LogP contribution in [0.4, 0.5) is 0 Å². The molecule has 1 aromatic carbocycles. The van der Waals surface area contributed by atoms with E-state index in [-0.39, 0.29) is 11.5 Å². The predicted molar refractivity (Wildman–Crippen MR) is 83.4 cm³/mol. The minimum atomic E-state index is 0.0571. The first-order chi connectivity index (χ1) is 8.95. The molecule has 1 heterocycles. The van der Waals surface area contributed by atoms with Gasteiger partial charge in [-0.1, -0.05) is 45.0 Å². The summed E-state index contributed by atoms with van der Waals surface area (Å²) in [5.41, 5.74) is 6.95. The lowest BCUT2D eigenvalue weighted by atomic mass is 9.81. The molecule has 2 rings (SSSR count). The van der Waals surface area contributed by atoms with E-state index >= 15 is 0 Å². The molecule has 2 aromatic rings. The van der Waals surface area contributed by atoms with Crippen molar-refractivity contribution in [1.29, 1.82) is 0 Å². The van der Waals surface area contributed by atoms with Crippen molar-refractivity contribution in [2.45, 2.75) is 39.2 Å². The molecule has 1 aromatic heterocycles. The molecule has 1 atom stereocenters. The van der Waals surface area contributed by atoms with E-state index in [1.165, 1.54) is 21.6 Å². The fourth-order valence-corrected chi connectivity index (χ4v) is 3.21. The van der Waals surface area contributed by atoms with Crippen LogP contribution in [0, 0.1) is 6.92 Å². The first-order valence-corrected chi connectivity index (χ1v) is 7.42. The van der Waals surface area contributed by atoms with Crippen LogP contribution in [0.2, 0.25) is 0 Å². The van der Waals surface area contributed by atoms with Gasteiger partial charge in [-0.05, 0) is 40.5 Å². The molecule has 1 unspecified atom stereocenters. The van der Waals surface area contributed by atoms with E-state index in [9.17, 15) is 0 Å². The lowest BCUT2D eigenvalue weighted by Crippen LogP contribution is -2.31. The Morgan fingerprint density at radius 2 is 1.79 bits per heavy atom. The van der Waals surface area contributed by atoms with Gasteiger partial charge in [0, 0.05) is 4.88 Å². The van der Waals surface area contributed by atoms with Crippen molar-refractivity contribution in [1.82, 2.24) is 5.43 Å². The molecule has 0 spiro atoms. The van der Waals surface area contributed by atoms with E-state index in [2.05, 4.69) is 68.8 Å². The third-order valence-corrected chi connectivity index (χ3v) is 4.32. The molecule has 0 saturated carbocycles. The Morgan fingerprint density at radius 3 is 2.32 bits per heavy atom. The Kier molecular flexibility index (Phi) is 4.09. The van der Waals surface area contributed by atoms with Crippen LogP contribution in [-0.2, 0) is 5.41 Å². The van der Waals surface area contributed by atoms with Crippen molar-refractivity contribution in [2.75, 3.05) is 0 Å². The molecule has 0 radical (unpaired) electrons. The maximum atomic E-state index is 5.83. The van der Waals surface area contributed by atoms with Gasteiger partial charge in [0.2, 0.25) is 0 Å². The van der Waals surface area contributed by atoms with Crippen molar-refractivity contribution in [3.05, 3.63) is 57.3 Å². The minimum Gasteiger partial charge on any atom is -0.271 e. The summed E-state index contributed by atoms with van der Waals surface area (Å²) in [5.74, 6) is 5.83. The number of aryl methyl sites for hydroxylation is 1. The standard InChI is InChI=1S/C16H22N2S/c1-11-12(9-10-19-11)15(18-17)13-7-5-6-8-14(13)16(2,3)4/h5-10,15,18H,17H2,1-4H3. The van der Waals surface area contributed by atoms with Crippen molar-refractivity contribution < 1.29 is 0 Å². The summed E-state index contributed by atoms with van der Waals surface area (Å²) in [6, 6.07) is 10.8. The molecule has 0 aliphatic carbocycles. The Balaban J connectivity index is 2.54. The summed E-state index contributed by atoms with van der Waals surface area (Å²) >= 11 is 1.76. The predicted octanol–water partition coefficient (Wildman–Crippen LogP) is 3.91. The van der Waals surface area contributed by atoms with Gasteiger partial charge in [-0.2, -0.15) is 0 Å². The third kappa shape index (κ3) is 2.89. The SMILES string of the molecule is Cc1sccc1C(NN)c1ccccc1C(C)(C)C. The van der Waals surface area contributed by atoms with E-state index < -0.39 is 0 Å². The summed E-state index contributed by atoms with van der Waals surface area (Å²) in [6.45, 7) is 8.85. The van der Waals surface area contributed by atoms with Crippen molar-refractivity contribution in [3.63, 3.8) is 0 Å². The zero-order valence-electron chi connectivity index (χ0n) is 12.0. The number of thiophene rings is 1. The molecule has 3 heteroatoms. The molecular weight excluding hydrogens is 252 g/mol. The topological polar surface area (TPSA) is 38.0 Å². The molecule has 0 bridgehead atoms. The van der Waals surface area contributed by atoms with Gasteiger partial charge in [-0.25, -0.2) is 5.43 Å². The van der Waals surface area contributed by atoms with Crippen LogP contribution in [0.1, 0.15) is 48.4 Å². The molecule has 3 N–H and O–H groups in total. The number of hydrogen-bond donors (Lipinski definition) is 2. The lowest BCUT2D eigenvalue weighted by Gasteiger charge is -2.27. The van der Waals surface area contributed by atoms with Gasteiger partial charge in [-0.15, -0.1) is 11.3 Å². The number of nitrogens with two attached hydrogens (primary N) is 1. The van der Waals surface area contributed by atoms with Crippen molar-refractivity contribution in [2.24, 2.45) is 5.84 Å². The first kappa shape index (κ1) is 14.3. The summed E-state index contributed by atoms with van der Waals surface area (Å²) in [7, 11) is 0. The average Bonchev–Trinajstić information content (AvgIpc) is 2.76. The number of hydrazine groups is 1. The summed E-state index contributed by atoms with van der Waals surface area (Å²) in [5, 5.41) is 2.12. The Labute approximate surface area is 119 Å². The fraction of sp³-hybridized carbons (Fsp3) is 0.375. The highest BCUT2D eigenvalue weighted by atomic mass is 32.1. The fourth-order valence-electron chi connectivity index (χ4n) is 2.47. The number of benzene rings is 1. The second kappa shape index (κ2) is 5.45. The van der Waals surface area contributed by atoms with Crippen LogP contribution in [-0.4, -0.2) is 0 Å². The smallest absolute Gasteiger partial charge is 0.0723 e. The van der Waals surface area contributed by atoms with E-state index in [4.69, 9.17) is 5.84 Å². The Hall–Kier alpha value is -1.16. The highest BCUT2D eigenvalue weighted by Crippen LogP contribution is 2.34. The molecule has 0 aliphatic heterocycles. The highest BCUT2D eigenvalue weighted by Gasteiger charge is 2.24. The quantitative estimate of drug-likeness (QED) is 0.658. The molecule has 19 heavy (non-hydrogen) atoms. The minimum absolute atomic E-state index is 0.0571. The summed E-state index contributed by atoms with van der Waals surface area (Å²) in [4.78, 5) is 1.31. The van der Waals surface area contributed by atoms with Crippen LogP contribution in [0.25, 0.3) is 0 Å². The van der Waals surface area contributed by atoms with Crippen LogP contribution >= 0.6 is 11.3 Å². The molecule has 0 aliphatic rings. The van der Waals surface area contributed by atoms with Crippen molar-refractivity contribution >= 4 is 11.3 Å². The number of rotatable bonds is 3. The van der Waals surface area contributed by atoms with Gasteiger partial charge in [0.1, 0.15) is 0 Å². The van der Waals surface area contributed by atoms with Gasteiger partial charge in [0.25, 0.3) is 0 Å². The molecule has 0 saturated heterocycles.